The Balaban J connectivity index is 1.65. The fourth-order valence-corrected chi connectivity index (χ4v) is 4.22. The average Bonchev–Trinajstić information content (AvgIpc) is 3.18. The van der Waals surface area contributed by atoms with Gasteiger partial charge in [-0.2, -0.15) is 0 Å². The van der Waals surface area contributed by atoms with Crippen molar-refractivity contribution in [3.63, 3.8) is 0 Å². The lowest BCUT2D eigenvalue weighted by Crippen LogP contribution is -2.29. The maximum absolute atomic E-state index is 12.7. The van der Waals surface area contributed by atoms with Crippen molar-refractivity contribution in [3.05, 3.63) is 70.0 Å². The maximum atomic E-state index is 12.7. The molecule has 0 fully saturated rings. The number of thioether (sulfide) groups is 1. The molecule has 1 aromatic heterocycles. The molecule has 9 heteroatoms. The third-order valence-electron chi connectivity index (χ3n) is 4.99. The van der Waals surface area contributed by atoms with E-state index in [1.165, 1.54) is 11.8 Å². The van der Waals surface area contributed by atoms with E-state index >= 15 is 0 Å². The minimum absolute atomic E-state index is 0.159. The molecule has 0 bridgehead atoms. The summed E-state index contributed by atoms with van der Waals surface area (Å²) in [5, 5.41) is 15.6. The van der Waals surface area contributed by atoms with Crippen LogP contribution < -0.4 is 10.6 Å². The molecule has 168 valence electrons. The van der Waals surface area contributed by atoms with Crippen molar-refractivity contribution in [1.29, 1.82) is 0 Å². The summed E-state index contributed by atoms with van der Waals surface area (Å²) in [5.74, 6) is 0.497. The number of hydrogen-bond acceptors (Lipinski definition) is 5. The number of aromatic nitrogens is 3. The Bertz CT molecular complexity index is 1130. The van der Waals surface area contributed by atoms with Crippen LogP contribution in [0.5, 0.6) is 0 Å². The average molecular weight is 472 g/mol. The summed E-state index contributed by atoms with van der Waals surface area (Å²) >= 11 is 7.32. The van der Waals surface area contributed by atoms with Gasteiger partial charge < -0.3 is 15.2 Å². The number of aryl methyl sites for hydroxylation is 2. The summed E-state index contributed by atoms with van der Waals surface area (Å²) in [6, 6.07) is 12.5. The van der Waals surface area contributed by atoms with E-state index in [1.807, 2.05) is 56.5 Å². The molecule has 1 heterocycles. The molecule has 0 saturated carbocycles. The molecule has 32 heavy (non-hydrogen) atoms. The lowest BCUT2D eigenvalue weighted by Gasteiger charge is -2.16. The van der Waals surface area contributed by atoms with E-state index in [4.69, 9.17) is 11.6 Å². The first-order valence-corrected chi connectivity index (χ1v) is 11.6. The molecule has 1 atom stereocenters. The van der Waals surface area contributed by atoms with Gasteiger partial charge in [0.2, 0.25) is 5.91 Å². The number of anilines is 1. The second-order valence-corrected chi connectivity index (χ2v) is 8.77. The Morgan fingerprint density at radius 1 is 1.12 bits per heavy atom. The first-order chi connectivity index (χ1) is 15.3. The standard InChI is InChI=1S/C23H26ClN5O2S/c1-5-29-21(16(4)25-22(31)18-9-7-6-8-14(18)2)27-28-23(29)32-13-20(30)26-19-12-17(24)11-10-15(19)3/h6-12,16H,5,13H2,1-4H3,(H,25,31)(H,26,30)/t16-/m1/s1. The van der Waals surface area contributed by atoms with Gasteiger partial charge in [0.15, 0.2) is 11.0 Å². The molecule has 3 aromatic rings. The van der Waals surface area contributed by atoms with Gasteiger partial charge in [-0.1, -0.05) is 47.6 Å². The van der Waals surface area contributed by atoms with Crippen LogP contribution in [0.2, 0.25) is 5.02 Å². The van der Waals surface area contributed by atoms with Crippen molar-refractivity contribution in [2.75, 3.05) is 11.1 Å². The largest absolute Gasteiger partial charge is 0.342 e. The molecule has 2 aromatic carbocycles. The van der Waals surface area contributed by atoms with Gasteiger partial charge in [-0.05, 0) is 57.0 Å². The summed E-state index contributed by atoms with van der Waals surface area (Å²) in [4.78, 5) is 25.1. The van der Waals surface area contributed by atoms with Crippen LogP contribution in [0.25, 0.3) is 0 Å². The lowest BCUT2D eigenvalue weighted by atomic mass is 10.1. The summed E-state index contributed by atoms with van der Waals surface area (Å²) in [5.41, 5.74) is 3.16. The van der Waals surface area contributed by atoms with Gasteiger partial charge in [0.25, 0.3) is 5.91 Å². The molecule has 0 aliphatic heterocycles. The Morgan fingerprint density at radius 2 is 1.88 bits per heavy atom. The second kappa shape index (κ2) is 10.7. The van der Waals surface area contributed by atoms with Crippen molar-refractivity contribution in [2.45, 2.75) is 45.4 Å². The van der Waals surface area contributed by atoms with E-state index in [0.29, 0.717) is 33.8 Å². The van der Waals surface area contributed by atoms with Gasteiger partial charge >= 0.3 is 0 Å². The second-order valence-electron chi connectivity index (χ2n) is 7.39. The molecule has 2 N–H and O–H groups in total. The molecular formula is C23H26ClN5O2S. The predicted octanol–water partition coefficient (Wildman–Crippen LogP) is 4.79. The summed E-state index contributed by atoms with van der Waals surface area (Å²) in [7, 11) is 0. The van der Waals surface area contributed by atoms with Crippen LogP contribution in [0.1, 0.15) is 47.2 Å². The van der Waals surface area contributed by atoms with Crippen LogP contribution in [0, 0.1) is 13.8 Å². The van der Waals surface area contributed by atoms with Crippen molar-refractivity contribution < 1.29 is 9.59 Å². The Kier molecular flexibility index (Phi) is 7.93. The summed E-state index contributed by atoms with van der Waals surface area (Å²) in [6.07, 6.45) is 0. The first-order valence-electron chi connectivity index (χ1n) is 10.3. The van der Waals surface area contributed by atoms with Crippen molar-refractivity contribution >= 4 is 40.9 Å². The number of hydrogen-bond donors (Lipinski definition) is 2. The fraction of sp³-hybridized carbons (Fsp3) is 0.304. The van der Waals surface area contributed by atoms with Crippen LogP contribution in [0.3, 0.4) is 0 Å². The molecular weight excluding hydrogens is 446 g/mol. The van der Waals surface area contributed by atoms with Crippen molar-refractivity contribution in [2.24, 2.45) is 0 Å². The Morgan fingerprint density at radius 3 is 2.59 bits per heavy atom. The SMILES string of the molecule is CCn1c(SCC(=O)Nc2cc(Cl)ccc2C)nnc1[C@@H](C)NC(=O)c1ccccc1C. The van der Waals surface area contributed by atoms with Gasteiger partial charge in [-0.15, -0.1) is 10.2 Å². The molecule has 0 radical (unpaired) electrons. The van der Waals surface area contributed by atoms with Gasteiger partial charge in [-0.25, -0.2) is 0 Å². The summed E-state index contributed by atoms with van der Waals surface area (Å²) < 4.78 is 1.91. The van der Waals surface area contributed by atoms with Gasteiger partial charge in [0.1, 0.15) is 0 Å². The maximum Gasteiger partial charge on any atom is 0.252 e. The number of amides is 2. The number of halogens is 1. The fourth-order valence-electron chi connectivity index (χ4n) is 3.24. The van der Waals surface area contributed by atoms with Gasteiger partial charge in [-0.3, -0.25) is 9.59 Å². The van der Waals surface area contributed by atoms with Gasteiger partial charge in [0, 0.05) is 22.8 Å². The number of rotatable bonds is 8. The van der Waals surface area contributed by atoms with E-state index in [9.17, 15) is 9.59 Å². The zero-order chi connectivity index (χ0) is 23.3. The number of benzene rings is 2. The van der Waals surface area contributed by atoms with E-state index in [0.717, 1.165) is 11.1 Å². The van der Waals surface area contributed by atoms with Crippen LogP contribution in [0.15, 0.2) is 47.6 Å². The Hall–Kier alpha value is -2.84. The van der Waals surface area contributed by atoms with Crippen LogP contribution in [0.4, 0.5) is 5.69 Å². The normalized spacial score (nSPS) is 11.8. The van der Waals surface area contributed by atoms with Crippen molar-refractivity contribution in [1.82, 2.24) is 20.1 Å². The molecule has 3 rings (SSSR count). The van der Waals surface area contributed by atoms with Crippen LogP contribution >= 0.6 is 23.4 Å². The quantitative estimate of drug-likeness (QED) is 0.461. The smallest absolute Gasteiger partial charge is 0.252 e. The van der Waals surface area contributed by atoms with Crippen LogP contribution in [-0.4, -0.2) is 32.3 Å². The molecule has 0 spiro atoms. The topological polar surface area (TPSA) is 88.9 Å². The molecule has 2 amide bonds. The Labute approximate surface area is 197 Å². The first kappa shape index (κ1) is 23.8. The van der Waals surface area contributed by atoms with Crippen molar-refractivity contribution in [3.8, 4) is 0 Å². The highest BCUT2D eigenvalue weighted by atomic mass is 35.5. The number of nitrogens with zero attached hydrogens (tertiary/aromatic N) is 3. The zero-order valence-corrected chi connectivity index (χ0v) is 20.0. The van der Waals surface area contributed by atoms with E-state index in [1.54, 1.807) is 18.2 Å². The number of nitrogens with one attached hydrogen (secondary N) is 2. The number of carbonyl (C=O) groups excluding carboxylic acids is 2. The summed E-state index contributed by atoms with van der Waals surface area (Å²) in [6.45, 7) is 8.27. The zero-order valence-electron chi connectivity index (χ0n) is 18.5. The van der Waals surface area contributed by atoms with Gasteiger partial charge in [0.05, 0.1) is 11.8 Å². The third-order valence-corrected chi connectivity index (χ3v) is 6.19. The lowest BCUT2D eigenvalue weighted by molar-refractivity contribution is -0.113. The minimum Gasteiger partial charge on any atom is -0.342 e. The van der Waals surface area contributed by atoms with Crippen LogP contribution in [-0.2, 0) is 11.3 Å². The monoisotopic (exact) mass is 471 g/mol. The van der Waals surface area contributed by atoms with E-state index < -0.39 is 0 Å². The third kappa shape index (κ3) is 5.69. The molecule has 0 unspecified atom stereocenters. The predicted molar refractivity (Wildman–Crippen MR) is 128 cm³/mol. The van der Waals surface area contributed by atoms with E-state index in [-0.39, 0.29) is 23.6 Å². The number of carbonyl (C=O) groups is 2. The highest BCUT2D eigenvalue weighted by Crippen LogP contribution is 2.23. The minimum atomic E-state index is -0.341. The molecule has 0 aliphatic carbocycles. The molecule has 0 saturated heterocycles. The highest BCUT2D eigenvalue weighted by molar-refractivity contribution is 7.99. The van der Waals surface area contributed by atoms with E-state index in [2.05, 4.69) is 20.8 Å². The molecule has 7 nitrogen and oxygen atoms in total. The molecule has 0 aliphatic rings. The highest BCUT2D eigenvalue weighted by Gasteiger charge is 2.21.